The molecule has 102 valence electrons. The van der Waals surface area contributed by atoms with Crippen LogP contribution in [0.1, 0.15) is 17.5 Å². The lowest BCUT2D eigenvalue weighted by Gasteiger charge is -2.32. The Balaban J connectivity index is 1.57. The highest BCUT2D eigenvalue weighted by Gasteiger charge is 2.44. The van der Waals surface area contributed by atoms with E-state index in [1.54, 1.807) is 4.90 Å². The topological polar surface area (TPSA) is 43.8 Å². The minimum absolute atomic E-state index is 0.222. The van der Waals surface area contributed by atoms with Crippen LogP contribution >= 0.6 is 0 Å². The predicted octanol–water partition coefficient (Wildman–Crippen LogP) is 1.97. The van der Waals surface area contributed by atoms with Gasteiger partial charge >= 0.3 is 6.09 Å². The Morgan fingerprint density at radius 1 is 1.32 bits per heavy atom. The molecule has 2 aliphatic rings. The van der Waals surface area contributed by atoms with Gasteiger partial charge in [-0.3, -0.25) is 4.90 Å². The lowest BCUT2D eigenvalue weighted by atomic mass is 10.1. The number of hydrogen-bond donors (Lipinski definition) is 1. The fraction of sp³-hybridized carbons (Fsp3) is 0.533. The number of amides is 1. The lowest BCUT2D eigenvalue weighted by Crippen LogP contribution is -2.48. The first-order chi connectivity index (χ1) is 9.15. The summed E-state index contributed by atoms with van der Waals surface area (Å²) in [4.78, 5) is 15.1. The fourth-order valence-corrected chi connectivity index (χ4v) is 3.41. The van der Waals surface area contributed by atoms with Crippen molar-refractivity contribution in [2.24, 2.45) is 0 Å². The Hall–Kier alpha value is -1.55. The summed E-state index contributed by atoms with van der Waals surface area (Å²) in [5.74, 6) is 0. The Morgan fingerprint density at radius 2 is 2.11 bits per heavy atom. The summed E-state index contributed by atoms with van der Waals surface area (Å²) in [7, 11) is 0. The first-order valence-corrected chi connectivity index (χ1v) is 6.93. The maximum atomic E-state index is 11.0. The number of hydrogen-bond acceptors (Lipinski definition) is 2. The average Bonchev–Trinajstić information content (AvgIpc) is 2.97. The van der Waals surface area contributed by atoms with Crippen LogP contribution in [0.25, 0.3) is 0 Å². The molecule has 2 aliphatic heterocycles. The van der Waals surface area contributed by atoms with E-state index < -0.39 is 6.09 Å². The summed E-state index contributed by atoms with van der Waals surface area (Å²) >= 11 is 0. The summed E-state index contributed by atoms with van der Waals surface area (Å²) in [5, 5.41) is 9.07. The van der Waals surface area contributed by atoms with Crippen molar-refractivity contribution in [1.29, 1.82) is 0 Å². The third kappa shape index (κ3) is 2.32. The van der Waals surface area contributed by atoms with Crippen molar-refractivity contribution in [1.82, 2.24) is 9.80 Å². The molecule has 0 radical (unpaired) electrons. The van der Waals surface area contributed by atoms with E-state index in [1.807, 2.05) is 0 Å². The van der Waals surface area contributed by atoms with Crippen LogP contribution in [0, 0.1) is 6.92 Å². The third-order valence-electron chi connectivity index (χ3n) is 4.53. The molecule has 4 nitrogen and oxygen atoms in total. The minimum Gasteiger partial charge on any atom is -0.465 e. The molecule has 0 aliphatic carbocycles. The molecule has 2 heterocycles. The maximum absolute atomic E-state index is 11.0. The standard InChI is InChI=1S/C15H20N2O2/c1-11-4-2-3-5-12(11)6-7-16-9-14-8-13(16)10-17(14)15(18)19/h2-5,13-14H,6-10H2,1H3,(H,18,19). The second kappa shape index (κ2) is 4.85. The first kappa shape index (κ1) is 12.5. The number of likely N-dealkylation sites (tertiary alicyclic amines) is 2. The highest BCUT2D eigenvalue weighted by atomic mass is 16.4. The van der Waals surface area contributed by atoms with Gasteiger partial charge in [0, 0.05) is 31.7 Å². The summed E-state index contributed by atoms with van der Waals surface area (Å²) in [5.41, 5.74) is 2.75. The number of piperazine rings is 1. The van der Waals surface area contributed by atoms with Gasteiger partial charge in [-0.2, -0.15) is 0 Å². The van der Waals surface area contributed by atoms with Crippen molar-refractivity contribution >= 4 is 6.09 Å². The Bertz CT molecular complexity index is 489. The zero-order valence-electron chi connectivity index (χ0n) is 11.2. The molecule has 1 amide bonds. The second-order valence-electron chi connectivity index (χ2n) is 5.65. The van der Waals surface area contributed by atoms with E-state index in [2.05, 4.69) is 36.1 Å². The number of rotatable bonds is 3. The van der Waals surface area contributed by atoms with Crippen LogP contribution in [-0.2, 0) is 6.42 Å². The highest BCUT2D eigenvalue weighted by Crippen LogP contribution is 2.30. The Morgan fingerprint density at radius 3 is 2.74 bits per heavy atom. The van der Waals surface area contributed by atoms with E-state index in [9.17, 15) is 4.79 Å². The minimum atomic E-state index is -0.758. The summed E-state index contributed by atoms with van der Waals surface area (Å²) in [6.45, 7) is 4.79. The van der Waals surface area contributed by atoms with Crippen molar-refractivity contribution in [2.75, 3.05) is 19.6 Å². The first-order valence-electron chi connectivity index (χ1n) is 6.93. The maximum Gasteiger partial charge on any atom is 0.407 e. The molecule has 3 rings (SSSR count). The molecule has 0 spiro atoms. The van der Waals surface area contributed by atoms with Crippen LogP contribution < -0.4 is 0 Å². The van der Waals surface area contributed by atoms with Gasteiger partial charge in [0.25, 0.3) is 0 Å². The molecular formula is C15H20N2O2. The van der Waals surface area contributed by atoms with E-state index in [0.717, 1.165) is 25.9 Å². The van der Waals surface area contributed by atoms with Gasteiger partial charge in [0.2, 0.25) is 0 Å². The molecule has 1 N–H and O–H groups in total. The molecule has 2 atom stereocenters. The van der Waals surface area contributed by atoms with Gasteiger partial charge in [0.1, 0.15) is 0 Å². The van der Waals surface area contributed by atoms with Gasteiger partial charge in [-0.1, -0.05) is 24.3 Å². The van der Waals surface area contributed by atoms with Crippen LogP contribution in [0.4, 0.5) is 4.79 Å². The predicted molar refractivity (Wildman–Crippen MR) is 73.4 cm³/mol. The van der Waals surface area contributed by atoms with E-state index in [4.69, 9.17) is 5.11 Å². The number of nitrogens with zero attached hydrogens (tertiary/aromatic N) is 2. The number of carbonyl (C=O) groups is 1. The van der Waals surface area contributed by atoms with Crippen molar-refractivity contribution in [3.8, 4) is 0 Å². The molecule has 1 aromatic carbocycles. The van der Waals surface area contributed by atoms with E-state index >= 15 is 0 Å². The van der Waals surface area contributed by atoms with Gasteiger partial charge in [-0.05, 0) is 30.9 Å². The largest absolute Gasteiger partial charge is 0.465 e. The molecule has 4 heteroatoms. The van der Waals surface area contributed by atoms with Crippen LogP contribution in [-0.4, -0.2) is 52.7 Å². The molecule has 2 saturated heterocycles. The van der Waals surface area contributed by atoms with Gasteiger partial charge in [-0.15, -0.1) is 0 Å². The zero-order chi connectivity index (χ0) is 13.4. The number of aryl methyl sites for hydroxylation is 1. The molecule has 2 unspecified atom stereocenters. The lowest BCUT2D eigenvalue weighted by molar-refractivity contribution is 0.103. The van der Waals surface area contributed by atoms with Crippen molar-refractivity contribution in [3.05, 3.63) is 35.4 Å². The quantitative estimate of drug-likeness (QED) is 0.903. The van der Waals surface area contributed by atoms with Gasteiger partial charge in [-0.25, -0.2) is 4.79 Å². The summed E-state index contributed by atoms with van der Waals surface area (Å²) < 4.78 is 0. The van der Waals surface area contributed by atoms with Crippen molar-refractivity contribution in [3.63, 3.8) is 0 Å². The van der Waals surface area contributed by atoms with Gasteiger partial charge in [0.05, 0.1) is 0 Å². The Kier molecular flexibility index (Phi) is 3.19. The monoisotopic (exact) mass is 260 g/mol. The average molecular weight is 260 g/mol. The second-order valence-corrected chi connectivity index (χ2v) is 5.65. The Labute approximate surface area is 113 Å². The van der Waals surface area contributed by atoms with Crippen molar-refractivity contribution < 1.29 is 9.90 Å². The number of benzene rings is 1. The van der Waals surface area contributed by atoms with Crippen molar-refractivity contribution in [2.45, 2.75) is 31.8 Å². The van der Waals surface area contributed by atoms with Crippen LogP contribution in [0.2, 0.25) is 0 Å². The molecule has 0 saturated carbocycles. The van der Waals surface area contributed by atoms with Gasteiger partial charge in [0.15, 0.2) is 0 Å². The van der Waals surface area contributed by atoms with Gasteiger partial charge < -0.3 is 10.0 Å². The van der Waals surface area contributed by atoms with Crippen LogP contribution in [0.15, 0.2) is 24.3 Å². The smallest absolute Gasteiger partial charge is 0.407 e. The zero-order valence-corrected chi connectivity index (χ0v) is 11.2. The molecule has 19 heavy (non-hydrogen) atoms. The third-order valence-corrected chi connectivity index (χ3v) is 4.53. The highest BCUT2D eigenvalue weighted by molar-refractivity contribution is 5.66. The molecule has 2 fully saturated rings. The SMILES string of the molecule is Cc1ccccc1CCN1CC2CC1CN2C(=O)O. The summed E-state index contributed by atoms with van der Waals surface area (Å²) in [6, 6.07) is 9.15. The van der Waals surface area contributed by atoms with Crippen LogP contribution in [0.3, 0.4) is 0 Å². The van der Waals surface area contributed by atoms with Crippen LogP contribution in [0.5, 0.6) is 0 Å². The molecular weight excluding hydrogens is 240 g/mol. The van der Waals surface area contributed by atoms with E-state index in [-0.39, 0.29) is 6.04 Å². The number of fused-ring (bicyclic) bond motifs is 2. The normalized spacial score (nSPS) is 26.1. The molecule has 1 aromatic rings. The molecule has 2 bridgehead atoms. The molecule has 0 aromatic heterocycles. The fourth-order valence-electron chi connectivity index (χ4n) is 3.41. The number of carboxylic acid groups (broad SMARTS) is 1. The van der Waals surface area contributed by atoms with E-state index in [1.165, 1.54) is 11.1 Å². The van der Waals surface area contributed by atoms with E-state index in [0.29, 0.717) is 12.6 Å². The summed E-state index contributed by atoms with van der Waals surface area (Å²) in [6.07, 6.45) is 1.31.